The predicted molar refractivity (Wildman–Crippen MR) is 55.0 cm³/mol. The number of benzene rings is 1. The van der Waals surface area contributed by atoms with Crippen molar-refractivity contribution in [3.8, 4) is 0 Å². The average Bonchev–Trinajstić information content (AvgIpc) is 2.45. The molecular weight excluding hydrogens is 174 g/mol. The molecule has 1 unspecified atom stereocenters. The smallest absolute Gasteiger partial charge is 0.211 e. The van der Waals surface area contributed by atoms with Crippen molar-refractivity contribution in [1.29, 1.82) is 0 Å². The highest BCUT2D eigenvalue weighted by atomic mass is 16.1. The van der Waals surface area contributed by atoms with Crippen LogP contribution < -0.4 is 0 Å². The van der Waals surface area contributed by atoms with Crippen LogP contribution in [-0.2, 0) is 16.8 Å². The van der Waals surface area contributed by atoms with Gasteiger partial charge in [-0.3, -0.25) is 0 Å². The summed E-state index contributed by atoms with van der Waals surface area (Å²) in [6.07, 6.45) is 3.61. The van der Waals surface area contributed by atoms with E-state index in [1.807, 2.05) is 6.92 Å². The number of hydrogen-bond acceptors (Lipinski definition) is 2. The van der Waals surface area contributed by atoms with Crippen LogP contribution >= 0.6 is 0 Å². The largest absolute Gasteiger partial charge is 0.235 e. The molecule has 0 N–H and O–H groups in total. The Hall–Kier alpha value is -1.40. The zero-order valence-electron chi connectivity index (χ0n) is 8.50. The predicted octanol–water partition coefficient (Wildman–Crippen LogP) is 2.49. The minimum absolute atomic E-state index is 0.330. The molecule has 0 aliphatic heterocycles. The summed E-state index contributed by atoms with van der Waals surface area (Å²) in [5.74, 6) is 0. The summed E-state index contributed by atoms with van der Waals surface area (Å²) in [5.41, 5.74) is 3.40. The van der Waals surface area contributed by atoms with Crippen LogP contribution in [0.1, 0.15) is 30.0 Å². The third kappa shape index (κ3) is 1.28. The molecule has 0 radical (unpaired) electrons. The molecule has 1 aromatic carbocycles. The Kier molecular flexibility index (Phi) is 2.01. The quantitative estimate of drug-likeness (QED) is 0.490. The first-order chi connectivity index (χ1) is 6.65. The van der Waals surface area contributed by atoms with E-state index >= 15 is 0 Å². The molecule has 1 aliphatic carbocycles. The van der Waals surface area contributed by atoms with Gasteiger partial charge in [0.2, 0.25) is 6.08 Å². The molecule has 0 saturated heterocycles. The third-order valence-corrected chi connectivity index (χ3v) is 3.02. The number of fused-ring (bicyclic) bond motifs is 1. The van der Waals surface area contributed by atoms with Crippen molar-refractivity contribution in [1.82, 2.24) is 0 Å². The first-order valence-electron chi connectivity index (χ1n) is 4.85. The molecule has 2 rings (SSSR count). The van der Waals surface area contributed by atoms with E-state index < -0.39 is 0 Å². The lowest BCUT2D eigenvalue weighted by Crippen LogP contribution is -2.14. The summed E-state index contributed by atoms with van der Waals surface area (Å²) in [6, 6.07) is 6.37. The number of hydrogen-bond donors (Lipinski definition) is 0. The first kappa shape index (κ1) is 9.17. The van der Waals surface area contributed by atoms with Crippen molar-refractivity contribution < 1.29 is 4.79 Å². The Morgan fingerprint density at radius 1 is 1.50 bits per heavy atom. The lowest BCUT2D eigenvalue weighted by Gasteiger charge is -2.17. The van der Waals surface area contributed by atoms with Crippen LogP contribution in [-0.4, -0.2) is 6.08 Å². The van der Waals surface area contributed by atoms with Crippen LogP contribution in [0.2, 0.25) is 0 Å². The van der Waals surface area contributed by atoms with Gasteiger partial charge in [0, 0.05) is 0 Å². The van der Waals surface area contributed by atoms with E-state index in [1.165, 1.54) is 16.7 Å². The van der Waals surface area contributed by atoms with Crippen LogP contribution in [0, 0.1) is 6.92 Å². The Labute approximate surface area is 83.7 Å². The summed E-state index contributed by atoms with van der Waals surface area (Å²) in [7, 11) is 0. The molecule has 1 atom stereocenters. The summed E-state index contributed by atoms with van der Waals surface area (Å²) in [4.78, 5) is 14.3. The topological polar surface area (TPSA) is 29.4 Å². The molecule has 0 bridgehead atoms. The maximum atomic E-state index is 10.4. The molecule has 0 spiro atoms. The van der Waals surface area contributed by atoms with Gasteiger partial charge in [0.05, 0.1) is 5.54 Å². The normalized spacial score (nSPS) is 24.1. The van der Waals surface area contributed by atoms with Gasteiger partial charge in [-0.05, 0) is 37.8 Å². The standard InChI is InChI=1S/C12H13NO/c1-9-3-4-10-5-6-12(2,13-8-14)11(10)7-9/h3-4,7H,5-6H2,1-2H3. The van der Waals surface area contributed by atoms with Crippen molar-refractivity contribution in [2.45, 2.75) is 32.2 Å². The van der Waals surface area contributed by atoms with E-state index in [1.54, 1.807) is 6.08 Å². The van der Waals surface area contributed by atoms with Crippen LogP contribution in [0.5, 0.6) is 0 Å². The summed E-state index contributed by atoms with van der Waals surface area (Å²) in [5, 5.41) is 0. The Bertz CT molecular complexity index is 418. The van der Waals surface area contributed by atoms with E-state index in [0.29, 0.717) is 0 Å². The Balaban J connectivity index is 2.57. The number of rotatable bonds is 1. The number of isocyanates is 1. The van der Waals surface area contributed by atoms with E-state index in [2.05, 4.69) is 30.1 Å². The maximum Gasteiger partial charge on any atom is 0.235 e. The van der Waals surface area contributed by atoms with Crippen LogP contribution in [0.3, 0.4) is 0 Å². The molecule has 0 fully saturated rings. The van der Waals surface area contributed by atoms with E-state index in [0.717, 1.165) is 12.8 Å². The lowest BCUT2D eigenvalue weighted by molar-refractivity contribution is 0.481. The van der Waals surface area contributed by atoms with Gasteiger partial charge in [-0.15, -0.1) is 0 Å². The molecule has 1 aromatic rings. The van der Waals surface area contributed by atoms with Gasteiger partial charge in [-0.25, -0.2) is 4.79 Å². The molecule has 72 valence electrons. The number of aryl methyl sites for hydroxylation is 2. The third-order valence-electron chi connectivity index (χ3n) is 3.02. The zero-order valence-corrected chi connectivity index (χ0v) is 8.50. The Morgan fingerprint density at radius 2 is 2.29 bits per heavy atom. The van der Waals surface area contributed by atoms with Crippen molar-refractivity contribution in [3.05, 3.63) is 34.9 Å². The molecule has 0 heterocycles. The van der Waals surface area contributed by atoms with Gasteiger partial charge in [-0.1, -0.05) is 23.8 Å². The molecule has 1 aliphatic rings. The molecule has 2 nitrogen and oxygen atoms in total. The molecule has 0 amide bonds. The van der Waals surface area contributed by atoms with Crippen molar-refractivity contribution >= 4 is 6.08 Å². The minimum atomic E-state index is -0.330. The fraction of sp³-hybridized carbons (Fsp3) is 0.417. The second-order valence-electron chi connectivity index (χ2n) is 4.14. The SMILES string of the molecule is Cc1ccc2c(c1)C(C)(N=C=O)CC2. The van der Waals surface area contributed by atoms with Gasteiger partial charge in [-0.2, -0.15) is 4.99 Å². The lowest BCUT2D eigenvalue weighted by atomic mass is 9.94. The summed E-state index contributed by atoms with van der Waals surface area (Å²) >= 11 is 0. The van der Waals surface area contributed by atoms with Gasteiger partial charge >= 0.3 is 0 Å². The second kappa shape index (κ2) is 3.07. The molecule has 2 heteroatoms. The van der Waals surface area contributed by atoms with Gasteiger partial charge in [0.1, 0.15) is 0 Å². The van der Waals surface area contributed by atoms with Crippen molar-refractivity contribution in [2.24, 2.45) is 4.99 Å². The summed E-state index contributed by atoms with van der Waals surface area (Å²) < 4.78 is 0. The molecule has 0 aromatic heterocycles. The van der Waals surface area contributed by atoms with Crippen molar-refractivity contribution in [3.63, 3.8) is 0 Å². The fourth-order valence-corrected chi connectivity index (χ4v) is 2.14. The van der Waals surface area contributed by atoms with E-state index in [4.69, 9.17) is 0 Å². The average molecular weight is 187 g/mol. The van der Waals surface area contributed by atoms with Crippen LogP contribution in [0.15, 0.2) is 23.2 Å². The maximum absolute atomic E-state index is 10.4. The van der Waals surface area contributed by atoms with E-state index in [-0.39, 0.29) is 5.54 Å². The zero-order chi connectivity index (χ0) is 10.2. The molecular formula is C12H13NO. The summed E-state index contributed by atoms with van der Waals surface area (Å²) in [6.45, 7) is 4.06. The van der Waals surface area contributed by atoms with Gasteiger partial charge in [0.25, 0.3) is 0 Å². The number of aliphatic imine (C=N–C) groups is 1. The molecule has 14 heavy (non-hydrogen) atoms. The van der Waals surface area contributed by atoms with E-state index in [9.17, 15) is 4.79 Å². The Morgan fingerprint density at radius 3 is 3.00 bits per heavy atom. The van der Waals surface area contributed by atoms with Crippen molar-refractivity contribution in [2.75, 3.05) is 0 Å². The molecule has 0 saturated carbocycles. The highest BCUT2D eigenvalue weighted by Gasteiger charge is 2.33. The number of carbonyl (C=O) groups excluding carboxylic acids is 1. The monoisotopic (exact) mass is 187 g/mol. The van der Waals surface area contributed by atoms with Crippen LogP contribution in [0.25, 0.3) is 0 Å². The number of nitrogens with zero attached hydrogens (tertiary/aromatic N) is 1. The van der Waals surface area contributed by atoms with Gasteiger partial charge < -0.3 is 0 Å². The highest BCUT2D eigenvalue weighted by Crippen LogP contribution is 2.39. The van der Waals surface area contributed by atoms with Gasteiger partial charge in [0.15, 0.2) is 0 Å². The first-order valence-corrected chi connectivity index (χ1v) is 4.85. The fourth-order valence-electron chi connectivity index (χ4n) is 2.14. The highest BCUT2D eigenvalue weighted by molar-refractivity contribution is 5.45. The van der Waals surface area contributed by atoms with Crippen LogP contribution in [0.4, 0.5) is 0 Å². The minimum Gasteiger partial charge on any atom is -0.211 e. The second-order valence-corrected chi connectivity index (χ2v) is 4.14.